The Kier molecular flexibility index (Phi) is 6.26. The number of carbonyl (C=O) groups excluding carboxylic acids is 2. The molecule has 2 amide bonds. The van der Waals surface area contributed by atoms with Gasteiger partial charge in [0.2, 0.25) is 5.91 Å². The predicted octanol–water partition coefficient (Wildman–Crippen LogP) is 2.50. The fraction of sp³-hybridized carbons (Fsp3) is 0.478. The van der Waals surface area contributed by atoms with Crippen molar-refractivity contribution in [3.05, 3.63) is 64.3 Å². The molecule has 4 rings (SSSR count). The van der Waals surface area contributed by atoms with E-state index in [9.17, 15) is 14.4 Å². The molecule has 0 radical (unpaired) electrons. The van der Waals surface area contributed by atoms with E-state index < -0.39 is 5.56 Å². The van der Waals surface area contributed by atoms with Crippen LogP contribution in [0.25, 0.3) is 0 Å². The lowest BCUT2D eigenvalue weighted by Crippen LogP contribution is -2.41. The lowest BCUT2D eigenvalue weighted by atomic mass is 9.95. The minimum Gasteiger partial charge on any atom is -0.349 e. The minimum atomic E-state index is -0.423. The summed E-state index contributed by atoms with van der Waals surface area (Å²) in [5.41, 5.74) is 0.497. The second kappa shape index (κ2) is 9.24. The number of pyridine rings is 2. The maximum absolute atomic E-state index is 13.0. The van der Waals surface area contributed by atoms with Crippen molar-refractivity contribution < 1.29 is 9.59 Å². The highest BCUT2D eigenvalue weighted by Gasteiger charge is 2.33. The van der Waals surface area contributed by atoms with Crippen molar-refractivity contribution in [2.24, 2.45) is 0 Å². The average Bonchev–Trinajstić information content (AvgIpc) is 3.60. The molecule has 2 heterocycles. The zero-order chi connectivity index (χ0) is 20.9. The molecule has 2 saturated carbocycles. The molecule has 0 atom stereocenters. The number of amides is 2. The molecular weight excluding hydrogens is 380 g/mol. The van der Waals surface area contributed by atoms with Gasteiger partial charge in [-0.05, 0) is 49.9 Å². The fourth-order valence-corrected chi connectivity index (χ4v) is 4.05. The van der Waals surface area contributed by atoms with Crippen LogP contribution in [0.3, 0.4) is 0 Å². The van der Waals surface area contributed by atoms with Crippen LogP contribution in [-0.2, 0) is 17.9 Å². The van der Waals surface area contributed by atoms with Gasteiger partial charge in [-0.2, -0.15) is 0 Å². The molecular formula is C23H28N4O3. The molecule has 2 aromatic rings. The SMILES string of the molecule is O=C(NC1CCCCC1)c1cccn(CC(=O)N(Cc2ccccn2)C2CC2)c1=O. The van der Waals surface area contributed by atoms with E-state index in [0.717, 1.165) is 44.2 Å². The monoisotopic (exact) mass is 408 g/mol. The van der Waals surface area contributed by atoms with Crippen molar-refractivity contribution in [3.63, 3.8) is 0 Å². The molecule has 2 aliphatic carbocycles. The van der Waals surface area contributed by atoms with E-state index in [4.69, 9.17) is 0 Å². The van der Waals surface area contributed by atoms with Gasteiger partial charge in [-0.15, -0.1) is 0 Å². The van der Waals surface area contributed by atoms with Crippen molar-refractivity contribution in [2.75, 3.05) is 0 Å². The van der Waals surface area contributed by atoms with Gasteiger partial charge in [0, 0.05) is 24.5 Å². The summed E-state index contributed by atoms with van der Waals surface area (Å²) >= 11 is 0. The molecule has 2 aliphatic rings. The number of carbonyl (C=O) groups is 2. The Labute approximate surface area is 176 Å². The Morgan fingerprint density at radius 1 is 1.07 bits per heavy atom. The van der Waals surface area contributed by atoms with Gasteiger partial charge in [-0.1, -0.05) is 25.3 Å². The normalized spacial score (nSPS) is 16.8. The lowest BCUT2D eigenvalue weighted by molar-refractivity contribution is -0.133. The lowest BCUT2D eigenvalue weighted by Gasteiger charge is -2.23. The minimum absolute atomic E-state index is 0.0767. The highest BCUT2D eigenvalue weighted by Crippen LogP contribution is 2.28. The summed E-state index contributed by atoms with van der Waals surface area (Å²) in [7, 11) is 0. The van der Waals surface area contributed by atoms with E-state index >= 15 is 0 Å². The summed E-state index contributed by atoms with van der Waals surface area (Å²) in [6.45, 7) is 0.355. The summed E-state index contributed by atoms with van der Waals surface area (Å²) in [4.78, 5) is 44.6. The van der Waals surface area contributed by atoms with Gasteiger partial charge in [-0.3, -0.25) is 19.4 Å². The molecule has 7 heteroatoms. The molecule has 158 valence electrons. The van der Waals surface area contributed by atoms with Crippen molar-refractivity contribution in [3.8, 4) is 0 Å². The third-order valence-electron chi connectivity index (χ3n) is 5.88. The summed E-state index contributed by atoms with van der Waals surface area (Å²) in [6, 6.07) is 9.16. The maximum Gasteiger partial charge on any atom is 0.263 e. The summed E-state index contributed by atoms with van der Waals surface area (Å²) in [6.07, 6.45) is 10.5. The molecule has 0 aliphatic heterocycles. The molecule has 7 nitrogen and oxygen atoms in total. The third-order valence-corrected chi connectivity index (χ3v) is 5.88. The maximum atomic E-state index is 13.0. The summed E-state index contributed by atoms with van der Waals surface area (Å²) in [5, 5.41) is 2.98. The smallest absolute Gasteiger partial charge is 0.263 e. The van der Waals surface area contributed by atoms with Crippen LogP contribution in [0, 0.1) is 0 Å². The number of aromatic nitrogens is 2. The zero-order valence-corrected chi connectivity index (χ0v) is 17.1. The first-order chi connectivity index (χ1) is 14.6. The predicted molar refractivity (Wildman–Crippen MR) is 113 cm³/mol. The summed E-state index contributed by atoms with van der Waals surface area (Å²) in [5.74, 6) is -0.476. The van der Waals surface area contributed by atoms with Crippen molar-refractivity contribution in [2.45, 2.75) is 70.1 Å². The average molecular weight is 409 g/mol. The standard InChI is InChI=1S/C23H28N4O3/c28-21(27(19-11-12-19)15-18-9-4-5-13-24-18)16-26-14-6-10-20(23(26)30)22(29)25-17-7-2-1-3-8-17/h4-6,9-10,13-14,17,19H,1-3,7-8,11-12,15-16H2,(H,25,29). The first kappa shape index (κ1) is 20.3. The molecule has 0 unspecified atom stereocenters. The van der Waals surface area contributed by atoms with Crippen LogP contribution in [0.15, 0.2) is 47.5 Å². The number of hydrogen-bond acceptors (Lipinski definition) is 4. The second-order valence-electron chi connectivity index (χ2n) is 8.24. The van der Waals surface area contributed by atoms with Crippen molar-refractivity contribution in [1.82, 2.24) is 19.8 Å². The van der Waals surface area contributed by atoms with Crippen LogP contribution in [-0.4, -0.2) is 38.3 Å². The van der Waals surface area contributed by atoms with E-state index in [-0.39, 0.29) is 36.0 Å². The van der Waals surface area contributed by atoms with Crippen LogP contribution in [0.1, 0.15) is 61.0 Å². The largest absolute Gasteiger partial charge is 0.349 e. The van der Waals surface area contributed by atoms with E-state index in [2.05, 4.69) is 10.3 Å². The van der Waals surface area contributed by atoms with Crippen LogP contribution in [0.2, 0.25) is 0 Å². The van der Waals surface area contributed by atoms with Crippen molar-refractivity contribution >= 4 is 11.8 Å². The zero-order valence-electron chi connectivity index (χ0n) is 17.1. The van der Waals surface area contributed by atoms with Gasteiger partial charge in [-0.25, -0.2) is 0 Å². The molecule has 1 N–H and O–H groups in total. The molecule has 2 aromatic heterocycles. The van der Waals surface area contributed by atoms with Crippen LogP contribution in [0.5, 0.6) is 0 Å². The molecule has 0 spiro atoms. The third kappa shape index (κ3) is 4.96. The quantitative estimate of drug-likeness (QED) is 0.763. The van der Waals surface area contributed by atoms with Gasteiger partial charge in [0.05, 0.1) is 12.2 Å². The van der Waals surface area contributed by atoms with E-state index in [1.807, 2.05) is 18.2 Å². The Bertz CT molecular complexity index is 946. The Morgan fingerprint density at radius 2 is 1.87 bits per heavy atom. The topological polar surface area (TPSA) is 84.3 Å². The van der Waals surface area contributed by atoms with Gasteiger partial charge in [0.25, 0.3) is 11.5 Å². The van der Waals surface area contributed by atoms with Crippen LogP contribution < -0.4 is 10.9 Å². The molecule has 2 fully saturated rings. The molecule has 0 saturated heterocycles. The number of rotatable bonds is 7. The van der Waals surface area contributed by atoms with Gasteiger partial charge in [0.1, 0.15) is 12.1 Å². The van der Waals surface area contributed by atoms with Crippen LogP contribution >= 0.6 is 0 Å². The molecule has 0 aromatic carbocycles. The Hall–Kier alpha value is -2.96. The van der Waals surface area contributed by atoms with E-state index in [0.29, 0.717) is 6.54 Å². The van der Waals surface area contributed by atoms with E-state index in [1.165, 1.54) is 17.1 Å². The number of nitrogens with one attached hydrogen (secondary N) is 1. The van der Waals surface area contributed by atoms with Gasteiger partial charge < -0.3 is 14.8 Å². The highest BCUT2D eigenvalue weighted by molar-refractivity contribution is 5.94. The number of nitrogens with zero attached hydrogens (tertiary/aromatic N) is 3. The van der Waals surface area contributed by atoms with Crippen LogP contribution in [0.4, 0.5) is 0 Å². The first-order valence-electron chi connectivity index (χ1n) is 10.8. The Balaban J connectivity index is 1.45. The van der Waals surface area contributed by atoms with Crippen molar-refractivity contribution in [1.29, 1.82) is 0 Å². The Morgan fingerprint density at radius 3 is 2.57 bits per heavy atom. The van der Waals surface area contributed by atoms with Gasteiger partial charge in [0.15, 0.2) is 0 Å². The summed E-state index contributed by atoms with van der Waals surface area (Å²) < 4.78 is 1.34. The van der Waals surface area contributed by atoms with E-state index in [1.54, 1.807) is 23.4 Å². The second-order valence-corrected chi connectivity index (χ2v) is 8.24. The fourth-order valence-electron chi connectivity index (χ4n) is 4.05. The highest BCUT2D eigenvalue weighted by atomic mass is 16.2. The first-order valence-corrected chi connectivity index (χ1v) is 10.8. The molecule has 0 bridgehead atoms. The molecule has 30 heavy (non-hydrogen) atoms. The number of hydrogen-bond donors (Lipinski definition) is 1. The van der Waals surface area contributed by atoms with Gasteiger partial charge >= 0.3 is 0 Å².